The minimum absolute atomic E-state index is 0.321. The molecule has 1 atom stereocenters. The molecule has 1 aromatic heterocycles. The highest BCUT2D eigenvalue weighted by Crippen LogP contribution is 2.31. The molecular weight excluding hydrogens is 298 g/mol. The fourth-order valence-corrected chi connectivity index (χ4v) is 2.56. The van der Waals surface area contributed by atoms with E-state index in [0.717, 1.165) is 24.0 Å². The van der Waals surface area contributed by atoms with Gasteiger partial charge in [0.1, 0.15) is 5.75 Å². The largest absolute Gasteiger partial charge is 0.423 e. The van der Waals surface area contributed by atoms with Gasteiger partial charge in [0, 0.05) is 12.4 Å². The minimum atomic E-state index is -0.347. The number of hydrogen-bond acceptors (Lipinski definition) is 3. The average Bonchev–Trinajstić information content (AvgIpc) is 2.55. The summed E-state index contributed by atoms with van der Waals surface area (Å²) in [6, 6.07) is 9.39. The second-order valence-corrected chi connectivity index (χ2v) is 6.43. The molecule has 126 valence electrons. The van der Waals surface area contributed by atoms with Crippen molar-refractivity contribution in [2.45, 2.75) is 46.5 Å². The number of carbonyl (C=O) groups is 1. The molecular formula is C21H25NO2. The Morgan fingerprint density at radius 2 is 1.92 bits per heavy atom. The number of aryl methyl sites for hydroxylation is 1. The van der Waals surface area contributed by atoms with Gasteiger partial charge in [-0.05, 0) is 68.9 Å². The van der Waals surface area contributed by atoms with E-state index in [1.54, 1.807) is 24.5 Å². The van der Waals surface area contributed by atoms with E-state index in [-0.39, 0.29) is 5.97 Å². The van der Waals surface area contributed by atoms with Crippen molar-refractivity contribution in [3.05, 3.63) is 71.1 Å². The topological polar surface area (TPSA) is 39.2 Å². The molecule has 3 heteroatoms. The molecule has 0 spiro atoms. The monoisotopic (exact) mass is 323 g/mol. The van der Waals surface area contributed by atoms with Gasteiger partial charge in [-0.1, -0.05) is 30.7 Å². The number of ether oxygens (including phenoxy) is 1. The van der Waals surface area contributed by atoms with Crippen molar-refractivity contribution in [2.75, 3.05) is 0 Å². The zero-order chi connectivity index (χ0) is 17.5. The summed E-state index contributed by atoms with van der Waals surface area (Å²) < 4.78 is 5.68. The molecule has 1 aromatic carbocycles. The van der Waals surface area contributed by atoms with Crippen molar-refractivity contribution in [1.82, 2.24) is 4.98 Å². The average molecular weight is 323 g/mol. The normalized spacial score (nSPS) is 11.7. The van der Waals surface area contributed by atoms with Crippen LogP contribution in [0.25, 0.3) is 0 Å². The van der Waals surface area contributed by atoms with E-state index in [2.05, 4.69) is 44.0 Å². The summed E-state index contributed by atoms with van der Waals surface area (Å²) in [6.45, 7) is 8.39. The van der Waals surface area contributed by atoms with Crippen molar-refractivity contribution in [3.8, 4) is 5.75 Å². The molecule has 2 aromatic rings. The number of rotatable bonds is 6. The van der Waals surface area contributed by atoms with Crippen LogP contribution in [-0.2, 0) is 0 Å². The number of allylic oxidation sites excluding steroid dienone is 2. The third-order valence-corrected chi connectivity index (χ3v) is 3.97. The van der Waals surface area contributed by atoms with Crippen molar-refractivity contribution >= 4 is 5.97 Å². The fraction of sp³-hybridized carbons (Fsp3) is 0.333. The summed E-state index contributed by atoms with van der Waals surface area (Å²) in [6.07, 6.45) is 7.47. The van der Waals surface area contributed by atoms with Crippen LogP contribution < -0.4 is 4.74 Å². The van der Waals surface area contributed by atoms with Gasteiger partial charge in [0.2, 0.25) is 0 Å². The molecule has 0 radical (unpaired) electrons. The molecule has 1 unspecified atom stereocenters. The predicted octanol–water partition coefficient (Wildman–Crippen LogP) is 5.46. The van der Waals surface area contributed by atoms with Crippen molar-refractivity contribution in [1.29, 1.82) is 0 Å². The molecule has 0 aliphatic carbocycles. The Kier molecular flexibility index (Phi) is 6.30. The number of nitrogens with zero attached hydrogens (tertiary/aromatic N) is 1. The lowest BCUT2D eigenvalue weighted by molar-refractivity contribution is 0.0732. The first-order valence-electron chi connectivity index (χ1n) is 8.33. The summed E-state index contributed by atoms with van der Waals surface area (Å²) >= 11 is 0. The quantitative estimate of drug-likeness (QED) is 0.402. The van der Waals surface area contributed by atoms with E-state index in [0.29, 0.717) is 17.2 Å². The molecule has 2 rings (SSSR count). The Morgan fingerprint density at radius 1 is 1.21 bits per heavy atom. The molecule has 0 aliphatic heterocycles. The maximum atomic E-state index is 12.3. The maximum Gasteiger partial charge on any atom is 0.343 e. The first kappa shape index (κ1) is 17.9. The van der Waals surface area contributed by atoms with Crippen molar-refractivity contribution in [3.63, 3.8) is 0 Å². The van der Waals surface area contributed by atoms with Crippen LogP contribution in [0.2, 0.25) is 0 Å². The van der Waals surface area contributed by atoms with E-state index >= 15 is 0 Å². The summed E-state index contributed by atoms with van der Waals surface area (Å²) in [7, 11) is 0. The van der Waals surface area contributed by atoms with Crippen LogP contribution in [-0.4, -0.2) is 11.0 Å². The number of aromatic nitrogens is 1. The first-order valence-corrected chi connectivity index (χ1v) is 8.33. The van der Waals surface area contributed by atoms with E-state index in [1.165, 1.54) is 5.57 Å². The third kappa shape index (κ3) is 5.05. The molecule has 24 heavy (non-hydrogen) atoms. The predicted molar refractivity (Wildman–Crippen MR) is 97.5 cm³/mol. The van der Waals surface area contributed by atoms with E-state index in [4.69, 9.17) is 4.74 Å². The van der Waals surface area contributed by atoms with Crippen LogP contribution in [0, 0.1) is 6.92 Å². The highest BCUT2D eigenvalue weighted by atomic mass is 16.5. The second kappa shape index (κ2) is 8.44. The number of hydrogen-bond donors (Lipinski definition) is 0. The standard InChI is InChI=1S/C21H25NO2/c1-15(2)6-5-7-17(4)19-9-8-16(3)14-20(19)24-21(23)18-10-12-22-13-11-18/h6,8-14,17H,5,7H2,1-4H3. The molecule has 0 saturated heterocycles. The number of benzene rings is 1. The minimum Gasteiger partial charge on any atom is -0.423 e. The SMILES string of the molecule is CC(C)=CCCC(C)c1ccc(C)cc1OC(=O)c1ccncc1. The summed E-state index contributed by atoms with van der Waals surface area (Å²) in [4.78, 5) is 16.3. The van der Waals surface area contributed by atoms with E-state index < -0.39 is 0 Å². The second-order valence-electron chi connectivity index (χ2n) is 6.43. The Morgan fingerprint density at radius 3 is 2.58 bits per heavy atom. The van der Waals surface area contributed by atoms with Crippen LogP contribution in [0.5, 0.6) is 5.75 Å². The molecule has 0 fully saturated rings. The van der Waals surface area contributed by atoms with Crippen LogP contribution in [0.1, 0.15) is 61.0 Å². The molecule has 0 saturated carbocycles. The van der Waals surface area contributed by atoms with Gasteiger partial charge in [-0.3, -0.25) is 4.98 Å². The molecule has 1 heterocycles. The molecule has 0 N–H and O–H groups in total. The van der Waals surface area contributed by atoms with Crippen LogP contribution >= 0.6 is 0 Å². The van der Waals surface area contributed by atoms with Crippen molar-refractivity contribution in [2.24, 2.45) is 0 Å². The zero-order valence-corrected chi connectivity index (χ0v) is 14.9. The van der Waals surface area contributed by atoms with Gasteiger partial charge in [0.15, 0.2) is 0 Å². The van der Waals surface area contributed by atoms with Gasteiger partial charge < -0.3 is 4.74 Å². The van der Waals surface area contributed by atoms with Crippen LogP contribution in [0.15, 0.2) is 54.4 Å². The number of pyridine rings is 1. The lowest BCUT2D eigenvalue weighted by atomic mass is 9.94. The highest BCUT2D eigenvalue weighted by molar-refractivity contribution is 5.91. The first-order chi connectivity index (χ1) is 11.5. The van der Waals surface area contributed by atoms with Gasteiger partial charge in [0.25, 0.3) is 0 Å². The molecule has 3 nitrogen and oxygen atoms in total. The van der Waals surface area contributed by atoms with Crippen LogP contribution in [0.3, 0.4) is 0 Å². The van der Waals surface area contributed by atoms with Gasteiger partial charge >= 0.3 is 5.97 Å². The fourth-order valence-electron chi connectivity index (χ4n) is 2.56. The van der Waals surface area contributed by atoms with Gasteiger partial charge in [-0.15, -0.1) is 0 Å². The van der Waals surface area contributed by atoms with E-state index in [1.807, 2.05) is 13.0 Å². The Balaban J connectivity index is 2.18. The van der Waals surface area contributed by atoms with E-state index in [9.17, 15) is 4.79 Å². The number of carbonyl (C=O) groups excluding carboxylic acids is 1. The zero-order valence-electron chi connectivity index (χ0n) is 14.9. The highest BCUT2D eigenvalue weighted by Gasteiger charge is 2.15. The lowest BCUT2D eigenvalue weighted by Crippen LogP contribution is -2.11. The lowest BCUT2D eigenvalue weighted by Gasteiger charge is -2.16. The van der Waals surface area contributed by atoms with Gasteiger partial charge in [0.05, 0.1) is 5.56 Å². The Hall–Kier alpha value is -2.42. The summed E-state index contributed by atoms with van der Waals surface area (Å²) in [5, 5.41) is 0. The molecule has 0 amide bonds. The maximum absolute atomic E-state index is 12.3. The summed E-state index contributed by atoms with van der Waals surface area (Å²) in [5.74, 6) is 0.628. The van der Waals surface area contributed by atoms with Gasteiger partial charge in [-0.25, -0.2) is 4.79 Å². The molecule has 0 bridgehead atoms. The van der Waals surface area contributed by atoms with Crippen LogP contribution in [0.4, 0.5) is 0 Å². The third-order valence-electron chi connectivity index (χ3n) is 3.97. The van der Waals surface area contributed by atoms with Gasteiger partial charge in [-0.2, -0.15) is 0 Å². The summed E-state index contributed by atoms with van der Waals surface area (Å²) in [5.41, 5.74) is 3.99. The van der Waals surface area contributed by atoms with Crippen molar-refractivity contribution < 1.29 is 9.53 Å². The number of esters is 1. The molecule has 0 aliphatic rings. The Labute approximate surface area is 144 Å². The smallest absolute Gasteiger partial charge is 0.343 e. The Bertz CT molecular complexity index is 716.